The minimum atomic E-state index is -0.000777. The van der Waals surface area contributed by atoms with Crippen molar-refractivity contribution in [1.29, 1.82) is 0 Å². The van der Waals surface area contributed by atoms with Gasteiger partial charge in [-0.1, -0.05) is 6.58 Å². The fourth-order valence-electron chi connectivity index (χ4n) is 3.39. The molecule has 6 nitrogen and oxygen atoms in total. The molecular formula is C18H19N5OS. The Morgan fingerprint density at radius 1 is 1.40 bits per heavy atom. The molecule has 1 fully saturated rings. The van der Waals surface area contributed by atoms with E-state index in [-0.39, 0.29) is 11.8 Å². The first kappa shape index (κ1) is 16.0. The summed E-state index contributed by atoms with van der Waals surface area (Å²) in [5.41, 5.74) is 3.14. The smallest absolute Gasteiger partial charge is 0.245 e. The standard InChI is InChI=1S/C18H19N5OS/c1-3-16(24)23-6-4-5-12(11-23)14-8-19-9-15-17(14)21-18(25-15)13-7-20-22(2)10-13/h3,7-10,12H,1,4-6,11H2,2H3/t12-/m1/s1. The molecule has 4 heterocycles. The van der Waals surface area contributed by atoms with Crippen LogP contribution < -0.4 is 0 Å². The fourth-order valence-corrected chi connectivity index (χ4v) is 4.33. The van der Waals surface area contributed by atoms with Gasteiger partial charge in [0.05, 0.1) is 16.4 Å². The number of thiazole rings is 1. The van der Waals surface area contributed by atoms with Gasteiger partial charge in [0.15, 0.2) is 0 Å². The lowest BCUT2D eigenvalue weighted by molar-refractivity contribution is -0.127. The minimum absolute atomic E-state index is 0.000777. The number of aryl methyl sites for hydroxylation is 1. The molecular weight excluding hydrogens is 334 g/mol. The maximum Gasteiger partial charge on any atom is 0.245 e. The normalized spacial score (nSPS) is 17.8. The van der Waals surface area contributed by atoms with Crippen LogP contribution in [0.3, 0.4) is 0 Å². The molecule has 1 amide bonds. The Morgan fingerprint density at radius 3 is 3.04 bits per heavy atom. The highest BCUT2D eigenvalue weighted by molar-refractivity contribution is 7.21. The van der Waals surface area contributed by atoms with E-state index in [1.165, 1.54) is 6.08 Å². The maximum atomic E-state index is 12.0. The van der Waals surface area contributed by atoms with E-state index < -0.39 is 0 Å². The van der Waals surface area contributed by atoms with Gasteiger partial charge in [-0.2, -0.15) is 5.10 Å². The third-order valence-corrected chi connectivity index (χ3v) is 5.67. The largest absolute Gasteiger partial charge is 0.339 e. The van der Waals surface area contributed by atoms with Crippen LogP contribution in [0.4, 0.5) is 0 Å². The van der Waals surface area contributed by atoms with E-state index in [1.54, 1.807) is 16.0 Å². The van der Waals surface area contributed by atoms with E-state index in [2.05, 4.69) is 16.7 Å². The maximum absolute atomic E-state index is 12.0. The first-order valence-electron chi connectivity index (χ1n) is 8.30. The van der Waals surface area contributed by atoms with Crippen LogP contribution in [0.25, 0.3) is 20.8 Å². The van der Waals surface area contributed by atoms with Crippen molar-refractivity contribution in [2.45, 2.75) is 18.8 Å². The number of likely N-dealkylation sites (tertiary alicyclic amines) is 1. The van der Waals surface area contributed by atoms with Crippen molar-refractivity contribution in [3.63, 3.8) is 0 Å². The summed E-state index contributed by atoms with van der Waals surface area (Å²) < 4.78 is 2.85. The number of carbonyl (C=O) groups is 1. The van der Waals surface area contributed by atoms with Gasteiger partial charge in [-0.3, -0.25) is 14.5 Å². The highest BCUT2D eigenvalue weighted by Crippen LogP contribution is 2.36. The fraction of sp³-hybridized carbons (Fsp3) is 0.333. The van der Waals surface area contributed by atoms with Gasteiger partial charge in [-0.15, -0.1) is 11.3 Å². The molecule has 0 saturated carbocycles. The predicted octanol–water partition coefficient (Wildman–Crippen LogP) is 2.98. The van der Waals surface area contributed by atoms with Crippen LogP contribution in [0.1, 0.15) is 24.3 Å². The SMILES string of the molecule is C=CC(=O)N1CCC[C@@H](c2cncc3sc(-c4cnn(C)c4)nc23)C1. The molecule has 1 aliphatic rings. The van der Waals surface area contributed by atoms with Crippen molar-refractivity contribution in [3.05, 3.63) is 43.0 Å². The van der Waals surface area contributed by atoms with Crippen molar-refractivity contribution in [2.75, 3.05) is 13.1 Å². The predicted molar refractivity (Wildman–Crippen MR) is 98.4 cm³/mol. The van der Waals surface area contributed by atoms with Crippen molar-refractivity contribution in [1.82, 2.24) is 24.6 Å². The molecule has 128 valence electrons. The quantitative estimate of drug-likeness (QED) is 0.679. The molecule has 0 radical (unpaired) electrons. The number of carbonyl (C=O) groups excluding carboxylic acids is 1. The highest BCUT2D eigenvalue weighted by Gasteiger charge is 2.26. The van der Waals surface area contributed by atoms with Gasteiger partial charge in [0.1, 0.15) is 5.01 Å². The Morgan fingerprint density at radius 2 is 2.28 bits per heavy atom. The number of nitrogens with zero attached hydrogens (tertiary/aromatic N) is 5. The van der Waals surface area contributed by atoms with Crippen LogP contribution in [-0.4, -0.2) is 43.6 Å². The molecule has 0 aliphatic carbocycles. The van der Waals surface area contributed by atoms with Gasteiger partial charge in [0.25, 0.3) is 0 Å². The summed E-state index contributed by atoms with van der Waals surface area (Å²) >= 11 is 1.63. The molecule has 25 heavy (non-hydrogen) atoms. The zero-order valence-corrected chi connectivity index (χ0v) is 14.9. The van der Waals surface area contributed by atoms with E-state index in [9.17, 15) is 4.79 Å². The highest BCUT2D eigenvalue weighted by atomic mass is 32.1. The second kappa shape index (κ2) is 6.40. The molecule has 1 aliphatic heterocycles. The molecule has 0 aromatic carbocycles. The molecule has 0 spiro atoms. The van der Waals surface area contributed by atoms with E-state index in [1.807, 2.05) is 36.7 Å². The Kier molecular flexibility index (Phi) is 4.09. The zero-order valence-electron chi connectivity index (χ0n) is 14.1. The Labute approximate surface area is 149 Å². The number of piperidine rings is 1. The molecule has 7 heteroatoms. The van der Waals surface area contributed by atoms with Crippen LogP contribution in [0.15, 0.2) is 37.4 Å². The summed E-state index contributed by atoms with van der Waals surface area (Å²) in [5, 5.41) is 5.18. The van der Waals surface area contributed by atoms with Crippen LogP contribution in [0, 0.1) is 0 Å². The molecule has 4 rings (SSSR count). The van der Waals surface area contributed by atoms with Crippen LogP contribution in [0.2, 0.25) is 0 Å². The number of hydrogen-bond donors (Lipinski definition) is 0. The molecule has 0 bridgehead atoms. The number of hydrogen-bond acceptors (Lipinski definition) is 5. The van der Waals surface area contributed by atoms with Crippen LogP contribution >= 0.6 is 11.3 Å². The summed E-state index contributed by atoms with van der Waals surface area (Å²) in [6.45, 7) is 5.09. The Hall–Kier alpha value is -2.54. The number of pyridine rings is 1. The lowest BCUT2D eigenvalue weighted by Gasteiger charge is -2.32. The molecule has 1 atom stereocenters. The van der Waals surface area contributed by atoms with Gasteiger partial charge in [0.2, 0.25) is 5.91 Å². The van der Waals surface area contributed by atoms with Crippen molar-refractivity contribution >= 4 is 27.5 Å². The zero-order chi connectivity index (χ0) is 17.4. The first-order valence-corrected chi connectivity index (χ1v) is 9.12. The second-order valence-corrected chi connectivity index (χ2v) is 7.36. The first-order chi connectivity index (χ1) is 12.2. The van der Waals surface area contributed by atoms with E-state index in [4.69, 9.17) is 4.98 Å². The van der Waals surface area contributed by atoms with Crippen LogP contribution in [-0.2, 0) is 11.8 Å². The number of rotatable bonds is 3. The van der Waals surface area contributed by atoms with Gasteiger partial charge in [-0.25, -0.2) is 4.98 Å². The van der Waals surface area contributed by atoms with Crippen molar-refractivity contribution in [3.8, 4) is 10.6 Å². The topological polar surface area (TPSA) is 63.9 Å². The van der Waals surface area contributed by atoms with E-state index >= 15 is 0 Å². The lowest BCUT2D eigenvalue weighted by Crippen LogP contribution is -2.38. The van der Waals surface area contributed by atoms with E-state index in [0.29, 0.717) is 6.54 Å². The lowest BCUT2D eigenvalue weighted by atomic mass is 9.91. The van der Waals surface area contributed by atoms with Gasteiger partial charge < -0.3 is 4.90 Å². The third-order valence-electron chi connectivity index (χ3n) is 4.63. The van der Waals surface area contributed by atoms with Gasteiger partial charge in [0, 0.05) is 55.8 Å². The molecule has 1 saturated heterocycles. The van der Waals surface area contributed by atoms with Gasteiger partial charge in [-0.05, 0) is 18.9 Å². The summed E-state index contributed by atoms with van der Waals surface area (Å²) in [5.74, 6) is 0.261. The average molecular weight is 353 g/mol. The molecule has 0 N–H and O–H groups in total. The summed E-state index contributed by atoms with van der Waals surface area (Å²) in [6, 6.07) is 0. The van der Waals surface area contributed by atoms with Crippen molar-refractivity contribution < 1.29 is 4.79 Å². The summed E-state index contributed by atoms with van der Waals surface area (Å²) in [7, 11) is 1.90. The van der Waals surface area contributed by atoms with Crippen molar-refractivity contribution in [2.24, 2.45) is 7.05 Å². The van der Waals surface area contributed by atoms with Crippen LogP contribution in [0.5, 0.6) is 0 Å². The second-order valence-electron chi connectivity index (χ2n) is 6.32. The molecule has 3 aromatic rings. The van der Waals surface area contributed by atoms with E-state index in [0.717, 1.165) is 45.7 Å². The summed E-state index contributed by atoms with van der Waals surface area (Å²) in [4.78, 5) is 23.1. The molecule has 3 aromatic heterocycles. The van der Waals surface area contributed by atoms with Gasteiger partial charge >= 0.3 is 0 Å². The third kappa shape index (κ3) is 2.95. The monoisotopic (exact) mass is 353 g/mol. The minimum Gasteiger partial charge on any atom is -0.339 e. The number of aromatic nitrogens is 4. The molecule has 0 unspecified atom stereocenters. The average Bonchev–Trinajstić information content (AvgIpc) is 3.26. The Balaban J connectivity index is 1.71. The Bertz CT molecular complexity index is 944. The number of amides is 1. The number of fused-ring (bicyclic) bond motifs is 1. The summed E-state index contributed by atoms with van der Waals surface area (Å²) in [6.07, 6.45) is 11.0.